The van der Waals surface area contributed by atoms with Gasteiger partial charge in [0.15, 0.2) is 0 Å². The molecule has 0 aliphatic heterocycles. The van der Waals surface area contributed by atoms with Crippen molar-refractivity contribution < 1.29 is 24.2 Å². The Hall–Kier alpha value is -1.63. The average molecular weight is 190 g/mol. The van der Waals surface area contributed by atoms with E-state index in [-0.39, 0.29) is 12.8 Å². The van der Waals surface area contributed by atoms with Gasteiger partial charge in [0.25, 0.3) is 0 Å². The first-order valence-corrected chi connectivity index (χ1v) is 3.42. The number of carbonyl (C=O) groups is 3. The summed E-state index contributed by atoms with van der Waals surface area (Å²) < 4.78 is 3.74. The molecule has 0 bridgehead atoms. The molecule has 0 saturated carbocycles. The first kappa shape index (κ1) is 11.4. The highest BCUT2D eigenvalue weighted by atomic mass is 16.7. The first-order valence-electron chi connectivity index (χ1n) is 3.42. The molecular weight excluding hydrogens is 180 g/mol. The normalized spacial score (nSPS) is 11.8. The summed E-state index contributed by atoms with van der Waals surface area (Å²) in [7, 11) is 0. The van der Waals surface area contributed by atoms with Crippen LogP contribution in [0, 0.1) is 0 Å². The summed E-state index contributed by atoms with van der Waals surface area (Å²) in [5, 5.41) is 8.02. The molecule has 0 saturated heterocycles. The van der Waals surface area contributed by atoms with E-state index in [1.54, 1.807) is 0 Å². The van der Waals surface area contributed by atoms with Gasteiger partial charge < -0.3 is 21.3 Å². The summed E-state index contributed by atoms with van der Waals surface area (Å²) in [6.07, 6.45) is -1.84. The zero-order valence-electron chi connectivity index (χ0n) is 6.73. The van der Waals surface area contributed by atoms with Crippen molar-refractivity contribution >= 4 is 18.0 Å². The molecule has 0 fully saturated rings. The molecule has 1 amide bonds. The van der Waals surface area contributed by atoms with Crippen LogP contribution in [0.2, 0.25) is 0 Å². The van der Waals surface area contributed by atoms with Gasteiger partial charge >= 0.3 is 12.1 Å². The molecule has 0 aromatic heterocycles. The van der Waals surface area contributed by atoms with Gasteiger partial charge in [0, 0.05) is 6.42 Å². The fourth-order valence-electron chi connectivity index (χ4n) is 0.577. The number of carbonyl (C=O) groups excluding carboxylic acids is 2. The molecule has 0 aliphatic carbocycles. The summed E-state index contributed by atoms with van der Waals surface area (Å²) in [6.45, 7) is 0. The SMILES string of the molecule is NC(=O)CCC(N)C(=O)OC(=O)O. The van der Waals surface area contributed by atoms with Crippen LogP contribution in [-0.4, -0.2) is 29.2 Å². The lowest BCUT2D eigenvalue weighted by molar-refractivity contribution is -0.140. The number of primary amides is 1. The molecule has 0 radical (unpaired) electrons. The zero-order valence-corrected chi connectivity index (χ0v) is 6.73. The molecule has 74 valence electrons. The highest BCUT2D eigenvalue weighted by Crippen LogP contribution is 1.96. The Kier molecular flexibility index (Phi) is 4.45. The van der Waals surface area contributed by atoms with Gasteiger partial charge in [-0.1, -0.05) is 0 Å². The largest absolute Gasteiger partial charge is 0.513 e. The van der Waals surface area contributed by atoms with Crippen LogP contribution in [0.15, 0.2) is 0 Å². The van der Waals surface area contributed by atoms with E-state index in [1.807, 2.05) is 0 Å². The Morgan fingerprint density at radius 3 is 2.31 bits per heavy atom. The van der Waals surface area contributed by atoms with E-state index in [9.17, 15) is 14.4 Å². The molecule has 1 unspecified atom stereocenters. The predicted molar refractivity (Wildman–Crippen MR) is 40.5 cm³/mol. The van der Waals surface area contributed by atoms with Crippen molar-refractivity contribution in [3.05, 3.63) is 0 Å². The van der Waals surface area contributed by atoms with Crippen LogP contribution in [0.1, 0.15) is 12.8 Å². The number of amides is 1. The monoisotopic (exact) mass is 190 g/mol. The lowest BCUT2D eigenvalue weighted by Crippen LogP contribution is -2.34. The van der Waals surface area contributed by atoms with Crippen LogP contribution in [0.4, 0.5) is 4.79 Å². The molecular formula is C6H10N2O5. The summed E-state index contributed by atoms with van der Waals surface area (Å²) in [6, 6.07) is -1.14. The molecule has 7 nitrogen and oxygen atoms in total. The van der Waals surface area contributed by atoms with Crippen LogP contribution in [0.5, 0.6) is 0 Å². The topological polar surface area (TPSA) is 133 Å². The molecule has 5 N–H and O–H groups in total. The van der Waals surface area contributed by atoms with Gasteiger partial charge in [-0.3, -0.25) is 4.79 Å². The summed E-state index contributed by atoms with van der Waals surface area (Å²) in [5.74, 6) is -1.70. The summed E-state index contributed by atoms with van der Waals surface area (Å²) >= 11 is 0. The number of nitrogens with two attached hydrogens (primary N) is 2. The Labute approximate surface area is 73.6 Å². The second-order valence-corrected chi connectivity index (χ2v) is 2.30. The van der Waals surface area contributed by atoms with Crippen molar-refractivity contribution in [2.75, 3.05) is 0 Å². The van der Waals surface area contributed by atoms with E-state index in [1.165, 1.54) is 0 Å². The van der Waals surface area contributed by atoms with Gasteiger partial charge in [-0.25, -0.2) is 9.59 Å². The lowest BCUT2D eigenvalue weighted by atomic mass is 10.2. The third-order valence-electron chi connectivity index (χ3n) is 1.19. The minimum atomic E-state index is -1.72. The Morgan fingerprint density at radius 2 is 1.92 bits per heavy atom. The van der Waals surface area contributed by atoms with Crippen molar-refractivity contribution in [1.82, 2.24) is 0 Å². The molecule has 13 heavy (non-hydrogen) atoms. The van der Waals surface area contributed by atoms with E-state index in [2.05, 4.69) is 4.74 Å². The van der Waals surface area contributed by atoms with Crippen molar-refractivity contribution in [3.8, 4) is 0 Å². The van der Waals surface area contributed by atoms with Crippen molar-refractivity contribution in [1.29, 1.82) is 0 Å². The van der Waals surface area contributed by atoms with Gasteiger partial charge in [0.2, 0.25) is 5.91 Å². The Morgan fingerprint density at radius 1 is 1.38 bits per heavy atom. The van der Waals surface area contributed by atoms with E-state index in [4.69, 9.17) is 16.6 Å². The second kappa shape index (κ2) is 5.09. The lowest BCUT2D eigenvalue weighted by Gasteiger charge is -2.06. The van der Waals surface area contributed by atoms with E-state index in [0.29, 0.717) is 0 Å². The molecule has 0 spiro atoms. The molecule has 1 atom stereocenters. The number of rotatable bonds is 4. The van der Waals surface area contributed by atoms with Gasteiger partial charge in [0.05, 0.1) is 0 Å². The third kappa shape index (κ3) is 5.62. The average Bonchev–Trinajstić information content (AvgIpc) is 1.98. The zero-order chi connectivity index (χ0) is 10.4. The smallest absolute Gasteiger partial charge is 0.449 e. The molecule has 0 heterocycles. The van der Waals surface area contributed by atoms with E-state index < -0.39 is 24.1 Å². The maximum Gasteiger partial charge on any atom is 0.513 e. The van der Waals surface area contributed by atoms with Gasteiger partial charge in [0.1, 0.15) is 6.04 Å². The van der Waals surface area contributed by atoms with E-state index in [0.717, 1.165) is 0 Å². The predicted octanol–water partition coefficient (Wildman–Crippen LogP) is -1.20. The minimum Gasteiger partial charge on any atom is -0.449 e. The van der Waals surface area contributed by atoms with Crippen LogP contribution in [0.3, 0.4) is 0 Å². The fraction of sp³-hybridized carbons (Fsp3) is 0.500. The maximum absolute atomic E-state index is 10.7. The van der Waals surface area contributed by atoms with Crippen molar-refractivity contribution in [3.63, 3.8) is 0 Å². The van der Waals surface area contributed by atoms with Crippen LogP contribution in [-0.2, 0) is 14.3 Å². The summed E-state index contributed by atoms with van der Waals surface area (Å²) in [4.78, 5) is 30.8. The second-order valence-electron chi connectivity index (χ2n) is 2.30. The van der Waals surface area contributed by atoms with Gasteiger partial charge in [-0.05, 0) is 6.42 Å². The molecule has 0 aromatic rings. The standard InChI is InChI=1S/C6H10N2O5/c7-3(1-2-4(8)9)5(10)13-6(11)12/h3H,1-2,7H2,(H2,8,9)(H,11,12). The molecule has 7 heteroatoms. The van der Waals surface area contributed by atoms with Crippen molar-refractivity contribution in [2.24, 2.45) is 11.5 Å². The van der Waals surface area contributed by atoms with Gasteiger partial charge in [-0.2, -0.15) is 0 Å². The Bertz CT molecular complexity index is 227. The van der Waals surface area contributed by atoms with Gasteiger partial charge in [-0.15, -0.1) is 0 Å². The fourth-order valence-corrected chi connectivity index (χ4v) is 0.577. The highest BCUT2D eigenvalue weighted by molar-refractivity contribution is 5.85. The maximum atomic E-state index is 10.7. The van der Waals surface area contributed by atoms with Crippen LogP contribution >= 0.6 is 0 Å². The highest BCUT2D eigenvalue weighted by Gasteiger charge is 2.18. The number of esters is 1. The first-order chi connectivity index (χ1) is 5.93. The number of hydrogen-bond donors (Lipinski definition) is 3. The van der Waals surface area contributed by atoms with Crippen molar-refractivity contribution in [2.45, 2.75) is 18.9 Å². The van der Waals surface area contributed by atoms with Crippen LogP contribution in [0.25, 0.3) is 0 Å². The van der Waals surface area contributed by atoms with E-state index >= 15 is 0 Å². The molecule has 0 rings (SSSR count). The minimum absolute atomic E-state index is 0.0263. The quantitative estimate of drug-likeness (QED) is 0.376. The Balaban J connectivity index is 3.82. The molecule has 0 aromatic carbocycles. The third-order valence-corrected chi connectivity index (χ3v) is 1.19. The number of hydrogen-bond acceptors (Lipinski definition) is 5. The summed E-state index contributed by atoms with van der Waals surface area (Å²) in [5.41, 5.74) is 9.95. The number of carboxylic acid groups (broad SMARTS) is 1. The van der Waals surface area contributed by atoms with Crippen LogP contribution < -0.4 is 11.5 Å². The number of ether oxygens (including phenoxy) is 1. The molecule has 0 aliphatic rings.